The summed E-state index contributed by atoms with van der Waals surface area (Å²) >= 11 is 0. The van der Waals surface area contributed by atoms with Crippen LogP contribution in [-0.2, 0) is 18.8 Å². The monoisotopic (exact) mass is 481 g/mol. The Hall–Kier alpha value is -2.78. The largest absolute Gasteiger partial charge is 0.464 e. The highest BCUT2D eigenvalue weighted by atomic mass is 31.2. The summed E-state index contributed by atoms with van der Waals surface area (Å²) in [4.78, 5) is 48.0. The topological polar surface area (TPSA) is 194 Å². The molecule has 1 saturated carbocycles. The van der Waals surface area contributed by atoms with E-state index >= 15 is 0 Å². The molecule has 1 fully saturated rings. The summed E-state index contributed by atoms with van der Waals surface area (Å²) in [7, 11) is -5.00. The minimum absolute atomic E-state index is 0.0108. The van der Waals surface area contributed by atoms with Crippen LogP contribution in [0.2, 0.25) is 0 Å². The van der Waals surface area contributed by atoms with Crippen LogP contribution in [0.3, 0.4) is 0 Å². The number of aromatic nitrogens is 2. The van der Waals surface area contributed by atoms with E-state index in [-0.39, 0.29) is 18.4 Å². The van der Waals surface area contributed by atoms with E-state index < -0.39 is 55.7 Å². The lowest BCUT2D eigenvalue weighted by Gasteiger charge is -2.21. The van der Waals surface area contributed by atoms with Gasteiger partial charge in [0, 0.05) is 17.5 Å². The normalized spacial score (nSPS) is 23.7. The molecular formula is C20H24N3O9P. The summed E-state index contributed by atoms with van der Waals surface area (Å²) in [5.74, 6) is -1.61. The summed E-state index contributed by atoms with van der Waals surface area (Å²) in [6.07, 6.45) is -1.54. The second-order valence-electron chi connectivity index (χ2n) is 7.50. The third-order valence-electron chi connectivity index (χ3n) is 5.41. The Morgan fingerprint density at radius 2 is 2.09 bits per heavy atom. The van der Waals surface area contributed by atoms with Gasteiger partial charge in [0.05, 0.1) is 42.6 Å². The molecule has 0 spiro atoms. The number of hydrogen-bond acceptors (Lipinski definition) is 9. The molecule has 1 aromatic heterocycles. The van der Waals surface area contributed by atoms with Crippen LogP contribution < -0.4 is 11.3 Å². The van der Waals surface area contributed by atoms with E-state index in [1.54, 1.807) is 18.2 Å². The number of esters is 1. The van der Waals surface area contributed by atoms with Crippen molar-refractivity contribution in [2.24, 2.45) is 11.7 Å². The van der Waals surface area contributed by atoms with Gasteiger partial charge in [-0.3, -0.25) is 13.9 Å². The fourth-order valence-corrected chi connectivity index (χ4v) is 4.50. The molecule has 33 heavy (non-hydrogen) atoms. The van der Waals surface area contributed by atoms with Crippen molar-refractivity contribution in [2.45, 2.75) is 37.4 Å². The summed E-state index contributed by atoms with van der Waals surface area (Å²) in [6, 6.07) is 6.22. The molecular weight excluding hydrogens is 457 g/mol. The molecule has 1 aliphatic rings. The number of benzene rings is 1. The number of fused-ring (bicyclic) bond motifs is 1. The Morgan fingerprint density at radius 3 is 2.73 bits per heavy atom. The van der Waals surface area contributed by atoms with E-state index in [4.69, 9.17) is 10.5 Å². The number of aliphatic hydroxyl groups is 2. The maximum Gasteiger partial charge on any atom is 0.365 e. The van der Waals surface area contributed by atoms with Crippen molar-refractivity contribution >= 4 is 24.5 Å². The first-order chi connectivity index (χ1) is 15.6. The predicted molar refractivity (Wildman–Crippen MR) is 115 cm³/mol. The zero-order chi connectivity index (χ0) is 24.3. The summed E-state index contributed by atoms with van der Waals surface area (Å²) in [6.45, 7) is 0.888. The van der Waals surface area contributed by atoms with Crippen LogP contribution in [0, 0.1) is 17.9 Å². The molecule has 1 heterocycles. The lowest BCUT2D eigenvalue weighted by Crippen LogP contribution is -2.35. The molecule has 1 aromatic carbocycles. The fraction of sp³-hybridized carbons (Fsp3) is 0.450. The number of hydrogen-bond donors (Lipinski definition) is 5. The third kappa shape index (κ3) is 5.09. The number of rotatable bonds is 7. The quantitative estimate of drug-likeness (QED) is 0.141. The van der Waals surface area contributed by atoms with Crippen LogP contribution in [0.5, 0.6) is 0 Å². The van der Waals surface area contributed by atoms with Crippen molar-refractivity contribution < 1.29 is 38.8 Å². The van der Waals surface area contributed by atoms with E-state index in [1.807, 2.05) is 0 Å². The highest BCUT2D eigenvalue weighted by molar-refractivity contribution is 7.53. The number of carbonyl (C=O) groups excluding carboxylic acids is 1. The van der Waals surface area contributed by atoms with E-state index in [0.717, 1.165) is 0 Å². The Bertz CT molecular complexity index is 1200. The van der Waals surface area contributed by atoms with Crippen molar-refractivity contribution in [3.05, 3.63) is 40.4 Å². The minimum atomic E-state index is -5.00. The van der Waals surface area contributed by atoms with Gasteiger partial charge in [-0.25, -0.2) is 9.78 Å². The highest BCUT2D eigenvalue weighted by Crippen LogP contribution is 2.43. The first-order valence-electron chi connectivity index (χ1n) is 10.0. The standard InChI is InChI=1S/C20H24N3O9P/c1-2-31-19(27)20(33(28,29)30)32-9-12-8-14(17(25)16(12)24)23-10-22-13-5-3-4-11(6-7-21)15(13)18(23)26/h3-5,10,12,14,16-17,20,24-25H,2,8-9,21H2,1H3,(H2,28,29,30)/t12-,14-,16-,17+,20-/m1/s1. The highest BCUT2D eigenvalue weighted by Gasteiger charge is 2.45. The van der Waals surface area contributed by atoms with Crippen molar-refractivity contribution in [2.75, 3.05) is 13.2 Å². The molecule has 0 saturated heterocycles. The number of ether oxygens (including phenoxy) is 2. The first-order valence-corrected chi connectivity index (χ1v) is 11.7. The van der Waals surface area contributed by atoms with Gasteiger partial charge in [0.2, 0.25) is 0 Å². The Morgan fingerprint density at radius 1 is 1.36 bits per heavy atom. The maximum atomic E-state index is 13.2. The smallest absolute Gasteiger partial charge is 0.365 e. The number of aliphatic hydroxyl groups excluding tert-OH is 2. The SMILES string of the molecule is CCOC(=O)[C@H](OC[C@H]1C[C@@H](n2cnc3cccc(C#CN)c3c2=O)[C@H](O)[C@@H]1O)P(=O)(O)O. The van der Waals surface area contributed by atoms with Gasteiger partial charge >= 0.3 is 13.6 Å². The third-order valence-corrected chi connectivity index (χ3v) is 6.38. The summed E-state index contributed by atoms with van der Waals surface area (Å²) in [5.41, 5.74) is 5.51. The zero-order valence-electron chi connectivity index (χ0n) is 17.6. The van der Waals surface area contributed by atoms with Gasteiger partial charge in [-0.15, -0.1) is 0 Å². The van der Waals surface area contributed by atoms with Crippen LogP contribution in [-0.4, -0.2) is 66.8 Å². The van der Waals surface area contributed by atoms with Gasteiger partial charge in [0.1, 0.15) is 6.10 Å². The fourth-order valence-electron chi connectivity index (χ4n) is 3.87. The number of nitrogens with two attached hydrogens (primary N) is 1. The van der Waals surface area contributed by atoms with Gasteiger partial charge in [0.25, 0.3) is 11.4 Å². The lowest BCUT2D eigenvalue weighted by atomic mass is 10.1. The van der Waals surface area contributed by atoms with E-state index in [2.05, 4.69) is 21.7 Å². The van der Waals surface area contributed by atoms with Crippen LogP contribution in [0.25, 0.3) is 10.9 Å². The molecule has 1 aliphatic carbocycles. The lowest BCUT2D eigenvalue weighted by molar-refractivity contribution is -0.153. The van der Waals surface area contributed by atoms with Crippen molar-refractivity contribution in [1.82, 2.24) is 9.55 Å². The first kappa shape index (κ1) is 24.9. The molecule has 0 aliphatic heterocycles. The Kier molecular flexibility index (Phi) is 7.54. The molecule has 178 valence electrons. The average Bonchev–Trinajstić information content (AvgIpc) is 3.02. The van der Waals surface area contributed by atoms with Crippen LogP contribution in [0.4, 0.5) is 0 Å². The van der Waals surface area contributed by atoms with Crippen molar-refractivity contribution in [3.63, 3.8) is 0 Å². The molecule has 0 bridgehead atoms. The summed E-state index contributed by atoms with van der Waals surface area (Å²) in [5, 5.41) is 21.3. The molecule has 0 unspecified atom stereocenters. The second kappa shape index (κ2) is 10.0. The molecule has 0 radical (unpaired) electrons. The van der Waals surface area contributed by atoms with E-state index in [1.165, 1.54) is 17.8 Å². The van der Waals surface area contributed by atoms with Gasteiger partial charge in [-0.1, -0.05) is 6.07 Å². The van der Waals surface area contributed by atoms with Crippen LogP contribution in [0.1, 0.15) is 24.9 Å². The number of carbonyl (C=O) groups is 1. The van der Waals surface area contributed by atoms with Gasteiger partial charge < -0.3 is 35.2 Å². The molecule has 5 atom stereocenters. The van der Waals surface area contributed by atoms with Crippen LogP contribution >= 0.6 is 7.60 Å². The maximum absolute atomic E-state index is 13.2. The molecule has 2 aromatic rings. The second-order valence-corrected chi connectivity index (χ2v) is 9.14. The van der Waals surface area contributed by atoms with Gasteiger partial charge in [-0.05, 0) is 31.4 Å². The zero-order valence-corrected chi connectivity index (χ0v) is 18.5. The average molecular weight is 481 g/mol. The van der Waals surface area contributed by atoms with Crippen molar-refractivity contribution in [3.8, 4) is 12.0 Å². The Labute approximate surface area is 188 Å². The van der Waals surface area contributed by atoms with Crippen LogP contribution in [0.15, 0.2) is 29.3 Å². The summed E-state index contributed by atoms with van der Waals surface area (Å²) < 4.78 is 22.5. The molecule has 0 amide bonds. The molecule has 6 N–H and O–H groups in total. The van der Waals surface area contributed by atoms with Gasteiger partial charge in [-0.2, -0.15) is 0 Å². The van der Waals surface area contributed by atoms with E-state index in [9.17, 15) is 34.2 Å². The van der Waals surface area contributed by atoms with Crippen molar-refractivity contribution in [1.29, 1.82) is 0 Å². The molecule has 12 nitrogen and oxygen atoms in total. The molecule has 3 rings (SSSR count). The Balaban J connectivity index is 1.87. The molecule has 13 heteroatoms. The minimum Gasteiger partial charge on any atom is -0.464 e. The van der Waals surface area contributed by atoms with Gasteiger partial charge in [0.15, 0.2) is 0 Å². The number of nitrogens with zero attached hydrogens (tertiary/aromatic N) is 2. The van der Waals surface area contributed by atoms with E-state index in [0.29, 0.717) is 11.1 Å². The predicted octanol–water partition coefficient (Wildman–Crippen LogP) is -0.969.